The van der Waals surface area contributed by atoms with Crippen molar-refractivity contribution in [1.29, 1.82) is 5.41 Å². The molecule has 0 aliphatic heterocycles. The number of halogens is 2. The number of rotatable bonds is 0. The zero-order chi connectivity index (χ0) is 2.71. The van der Waals surface area contributed by atoms with Crippen LogP contribution in [0.4, 0.5) is 0 Å². The number of hydrogen-bond donors (Lipinski definition) is 2. The predicted molar refractivity (Wildman–Crippen MR) is 33.6 cm³/mol. The fourth-order valence-electron chi connectivity index (χ4n) is 0. The van der Waals surface area contributed by atoms with Gasteiger partial charge in [-0.1, -0.05) is 0 Å². The van der Waals surface area contributed by atoms with Gasteiger partial charge in [0.05, 0.1) is 6.34 Å². The third-order valence-corrected chi connectivity index (χ3v) is 0. The molecule has 0 saturated carbocycles. The van der Waals surface area contributed by atoms with Crippen LogP contribution >= 0.6 is 34.0 Å². The number of nitrogens with one attached hydrogen (secondary N) is 1. The van der Waals surface area contributed by atoms with E-state index in [4.69, 9.17) is 5.41 Å². The van der Waals surface area contributed by atoms with Crippen LogP contribution in [0.5, 0.6) is 0 Å². The minimum Gasteiger partial charge on any atom is -0.390 e. The zero-order valence-electron chi connectivity index (χ0n) is 2.47. The van der Waals surface area contributed by atoms with Crippen molar-refractivity contribution in [3.8, 4) is 0 Å². The molecule has 0 aromatic rings. The summed E-state index contributed by atoms with van der Waals surface area (Å²) in [6.07, 6.45) is 0.750. The molecule has 0 atom stereocenters. The summed E-state index contributed by atoms with van der Waals surface area (Å²) in [6.45, 7) is 0. The zero-order valence-corrected chi connectivity index (χ0v) is 5.90. The van der Waals surface area contributed by atoms with Gasteiger partial charge < -0.3 is 5.73 Å². The van der Waals surface area contributed by atoms with Crippen molar-refractivity contribution in [3.63, 3.8) is 0 Å². The molecule has 2 nitrogen and oxygen atoms in total. The Labute approximate surface area is 51.8 Å². The van der Waals surface area contributed by atoms with Crippen LogP contribution in [0.25, 0.3) is 0 Å². The Kier molecular flexibility index (Phi) is 92.0. The summed E-state index contributed by atoms with van der Waals surface area (Å²) < 4.78 is 0. The van der Waals surface area contributed by atoms with Gasteiger partial charge in [0.15, 0.2) is 0 Å². The lowest BCUT2D eigenvalue weighted by Crippen LogP contribution is -1.81. The molecule has 4 heteroatoms. The monoisotopic (exact) mass is 204 g/mol. The average Bonchev–Trinajstić information content (AvgIpc) is 0.918. The van der Waals surface area contributed by atoms with Crippen LogP contribution in [0.15, 0.2) is 0 Å². The van der Waals surface area contributed by atoms with Gasteiger partial charge in [-0.25, -0.2) is 0 Å². The topological polar surface area (TPSA) is 49.9 Å². The van der Waals surface area contributed by atoms with Crippen LogP contribution in [0.1, 0.15) is 0 Å². The van der Waals surface area contributed by atoms with Gasteiger partial charge in [-0.2, -0.15) is 0 Å². The van der Waals surface area contributed by atoms with E-state index in [1.807, 2.05) is 0 Å². The van der Waals surface area contributed by atoms with Gasteiger partial charge in [0.2, 0.25) is 0 Å². The van der Waals surface area contributed by atoms with Crippen LogP contribution in [-0.4, -0.2) is 6.34 Å². The van der Waals surface area contributed by atoms with Crippen molar-refractivity contribution in [2.45, 2.75) is 0 Å². The first kappa shape index (κ1) is 18.0. The smallest absolute Gasteiger partial charge is 0.0765 e. The third kappa shape index (κ3) is 141. The van der Waals surface area contributed by atoms with Crippen LogP contribution < -0.4 is 5.73 Å². The van der Waals surface area contributed by atoms with E-state index in [0.717, 1.165) is 6.34 Å². The molecule has 0 spiro atoms. The molecule has 0 aromatic carbocycles. The van der Waals surface area contributed by atoms with Gasteiger partial charge >= 0.3 is 0 Å². The van der Waals surface area contributed by atoms with Crippen LogP contribution in [-0.2, 0) is 0 Å². The molecule has 5 heavy (non-hydrogen) atoms. The standard InChI is InChI=1S/CH4N2.2BrH/c2-1-3;;/h1H,(H3,2,3);2*1H. The van der Waals surface area contributed by atoms with Crippen molar-refractivity contribution < 1.29 is 0 Å². The van der Waals surface area contributed by atoms with Crippen LogP contribution in [0.2, 0.25) is 0 Å². The molecular weight excluding hydrogens is 200 g/mol. The van der Waals surface area contributed by atoms with Crippen LogP contribution in [0, 0.1) is 5.41 Å². The summed E-state index contributed by atoms with van der Waals surface area (Å²) in [4.78, 5) is 0. The number of nitrogens with two attached hydrogens (primary N) is 1. The van der Waals surface area contributed by atoms with Crippen molar-refractivity contribution in [1.82, 2.24) is 0 Å². The second-order valence-electron chi connectivity index (χ2n) is 0.167. The molecule has 0 saturated heterocycles. The van der Waals surface area contributed by atoms with E-state index < -0.39 is 0 Å². The maximum atomic E-state index is 5.86. The number of hydrogen-bond acceptors (Lipinski definition) is 1. The highest BCUT2D eigenvalue weighted by Gasteiger charge is 1.10. The summed E-state index contributed by atoms with van der Waals surface area (Å²) in [7, 11) is 0. The maximum Gasteiger partial charge on any atom is 0.0765 e. The summed E-state index contributed by atoms with van der Waals surface area (Å²) in [5.74, 6) is 0. The van der Waals surface area contributed by atoms with Crippen molar-refractivity contribution >= 4 is 40.3 Å². The Balaban J connectivity index is -0.0000000200. The molecule has 0 aromatic heterocycles. The second kappa shape index (κ2) is 25.5. The summed E-state index contributed by atoms with van der Waals surface area (Å²) in [5.41, 5.74) is 4.39. The molecule has 0 rings (SSSR count). The summed E-state index contributed by atoms with van der Waals surface area (Å²) in [5, 5.41) is 5.86. The molecule has 0 aliphatic rings. The minimum absolute atomic E-state index is 0. The van der Waals surface area contributed by atoms with Gasteiger partial charge in [0.25, 0.3) is 0 Å². The largest absolute Gasteiger partial charge is 0.390 e. The second-order valence-corrected chi connectivity index (χ2v) is 0.167. The first-order valence-electron chi connectivity index (χ1n) is 0.622. The van der Waals surface area contributed by atoms with Gasteiger partial charge in [-0.3, -0.25) is 5.41 Å². The first-order chi connectivity index (χ1) is 1.41. The molecule has 0 bridgehead atoms. The molecule has 0 aliphatic carbocycles. The van der Waals surface area contributed by atoms with Crippen molar-refractivity contribution in [2.24, 2.45) is 5.73 Å². The quantitative estimate of drug-likeness (QED) is 0.444. The molecule has 0 unspecified atom stereocenters. The molecule has 0 fully saturated rings. The molecular formula is CH6Br2N2. The molecule has 0 radical (unpaired) electrons. The van der Waals surface area contributed by atoms with E-state index in [1.165, 1.54) is 0 Å². The van der Waals surface area contributed by atoms with Crippen molar-refractivity contribution in [3.05, 3.63) is 0 Å². The Morgan fingerprint density at radius 2 is 1.40 bits per heavy atom. The Morgan fingerprint density at radius 3 is 1.40 bits per heavy atom. The molecule has 0 heterocycles. The van der Waals surface area contributed by atoms with E-state index in [2.05, 4.69) is 5.73 Å². The Hall–Kier alpha value is 0.430. The summed E-state index contributed by atoms with van der Waals surface area (Å²) in [6, 6.07) is 0. The normalized spacial score (nSPS) is 2.40. The van der Waals surface area contributed by atoms with Gasteiger partial charge in [0.1, 0.15) is 0 Å². The molecule has 0 amide bonds. The lowest BCUT2D eigenvalue weighted by atomic mass is 11.4. The van der Waals surface area contributed by atoms with Gasteiger partial charge in [-0.05, 0) is 0 Å². The maximum absolute atomic E-state index is 5.86. The van der Waals surface area contributed by atoms with E-state index in [-0.39, 0.29) is 34.0 Å². The van der Waals surface area contributed by atoms with E-state index >= 15 is 0 Å². The predicted octanol–water partition coefficient (Wildman–Crippen LogP) is 0.708. The highest BCUT2D eigenvalue weighted by atomic mass is 79.9. The van der Waals surface area contributed by atoms with E-state index in [1.54, 1.807) is 0 Å². The fourth-order valence-corrected chi connectivity index (χ4v) is 0. The third-order valence-electron chi connectivity index (χ3n) is 0. The highest BCUT2D eigenvalue weighted by Crippen LogP contribution is 0.879. The fraction of sp³-hybridized carbons (Fsp3) is 0. The Morgan fingerprint density at radius 1 is 1.40 bits per heavy atom. The lowest BCUT2D eigenvalue weighted by molar-refractivity contribution is 1.52. The minimum atomic E-state index is 0. The van der Waals surface area contributed by atoms with Crippen LogP contribution in [0.3, 0.4) is 0 Å². The SMILES string of the molecule is Br.Br.N=CN. The lowest BCUT2D eigenvalue weighted by Gasteiger charge is -1.38. The van der Waals surface area contributed by atoms with E-state index in [0.29, 0.717) is 0 Å². The summed E-state index contributed by atoms with van der Waals surface area (Å²) >= 11 is 0. The molecule has 3 N–H and O–H groups in total. The van der Waals surface area contributed by atoms with Gasteiger partial charge in [-0.15, -0.1) is 34.0 Å². The first-order valence-corrected chi connectivity index (χ1v) is 0.622. The van der Waals surface area contributed by atoms with Gasteiger partial charge in [0, 0.05) is 0 Å². The Bertz CT molecular complexity index is 15.1. The average molecular weight is 206 g/mol. The van der Waals surface area contributed by atoms with Crippen molar-refractivity contribution in [2.75, 3.05) is 0 Å². The van der Waals surface area contributed by atoms with E-state index in [9.17, 15) is 0 Å². The molecule has 34 valence electrons. The highest BCUT2D eigenvalue weighted by molar-refractivity contribution is 8.93.